The first-order valence-electron chi connectivity index (χ1n) is 9.02. The van der Waals surface area contributed by atoms with Gasteiger partial charge in [-0.25, -0.2) is 0 Å². The monoisotopic (exact) mass is 414 g/mol. The molecule has 0 atom stereocenters. The number of H-pyrrole nitrogens is 1. The van der Waals surface area contributed by atoms with Crippen LogP contribution in [0, 0.1) is 0 Å². The lowest BCUT2D eigenvalue weighted by molar-refractivity contribution is 0.415. The molecule has 2 N–H and O–H groups in total. The molecule has 0 aliphatic carbocycles. The summed E-state index contributed by atoms with van der Waals surface area (Å²) in [7, 11) is 1.68. The Labute approximate surface area is 173 Å². The van der Waals surface area contributed by atoms with Crippen molar-refractivity contribution in [3.05, 3.63) is 76.1 Å². The van der Waals surface area contributed by atoms with E-state index in [1.165, 1.54) is 10.9 Å². The van der Waals surface area contributed by atoms with E-state index >= 15 is 0 Å². The van der Waals surface area contributed by atoms with Crippen LogP contribution in [-0.2, 0) is 13.0 Å². The fraction of sp³-hybridized carbons (Fsp3) is 0.182. The molecule has 0 amide bonds. The van der Waals surface area contributed by atoms with E-state index in [0.717, 1.165) is 41.3 Å². The van der Waals surface area contributed by atoms with Crippen LogP contribution in [0.2, 0.25) is 10.0 Å². The van der Waals surface area contributed by atoms with Gasteiger partial charge in [0.2, 0.25) is 0 Å². The van der Waals surface area contributed by atoms with Crippen LogP contribution in [0.4, 0.5) is 0 Å². The molecule has 0 fully saturated rings. The van der Waals surface area contributed by atoms with Gasteiger partial charge in [-0.3, -0.25) is 0 Å². The Morgan fingerprint density at radius 2 is 1.86 bits per heavy atom. The van der Waals surface area contributed by atoms with Crippen molar-refractivity contribution in [2.75, 3.05) is 13.7 Å². The Hall–Kier alpha value is -2.40. The maximum absolute atomic E-state index is 6.07. The lowest BCUT2D eigenvalue weighted by atomic mass is 10.1. The summed E-state index contributed by atoms with van der Waals surface area (Å²) in [5.74, 6) is 2.49. The molecule has 0 spiro atoms. The first-order valence-corrected chi connectivity index (χ1v) is 9.78. The van der Waals surface area contributed by atoms with E-state index in [-0.39, 0.29) is 0 Å². The van der Waals surface area contributed by atoms with Crippen molar-refractivity contribution < 1.29 is 9.15 Å². The van der Waals surface area contributed by atoms with E-state index in [4.69, 9.17) is 32.4 Å². The minimum atomic E-state index is 0.592. The fourth-order valence-electron chi connectivity index (χ4n) is 3.25. The average molecular weight is 415 g/mol. The maximum atomic E-state index is 6.07. The van der Waals surface area contributed by atoms with Gasteiger partial charge in [0.25, 0.3) is 0 Å². The highest BCUT2D eigenvalue weighted by molar-refractivity contribution is 6.35. The molecule has 144 valence electrons. The summed E-state index contributed by atoms with van der Waals surface area (Å²) >= 11 is 12.1. The van der Waals surface area contributed by atoms with Gasteiger partial charge in [-0.2, -0.15) is 0 Å². The predicted octanol–water partition coefficient (Wildman–Crippen LogP) is 6.08. The van der Waals surface area contributed by atoms with Crippen LogP contribution in [0.1, 0.15) is 11.3 Å². The minimum absolute atomic E-state index is 0.592. The summed E-state index contributed by atoms with van der Waals surface area (Å²) in [4.78, 5) is 3.31. The summed E-state index contributed by atoms with van der Waals surface area (Å²) in [6.07, 6.45) is 2.96. The average Bonchev–Trinajstić information content (AvgIpc) is 3.31. The molecule has 2 aromatic carbocycles. The number of aromatic nitrogens is 1. The summed E-state index contributed by atoms with van der Waals surface area (Å²) in [5, 5.41) is 5.81. The number of ether oxygens (including phenoxy) is 1. The van der Waals surface area contributed by atoms with E-state index in [2.05, 4.69) is 22.6 Å². The molecule has 2 heterocycles. The molecule has 6 heteroatoms. The molecule has 0 aliphatic heterocycles. The molecule has 0 saturated carbocycles. The highest BCUT2D eigenvalue weighted by Gasteiger charge is 2.08. The van der Waals surface area contributed by atoms with E-state index < -0.39 is 0 Å². The third-order valence-electron chi connectivity index (χ3n) is 4.65. The smallest absolute Gasteiger partial charge is 0.134 e. The van der Waals surface area contributed by atoms with Crippen molar-refractivity contribution in [3.63, 3.8) is 0 Å². The van der Waals surface area contributed by atoms with Crippen molar-refractivity contribution in [1.82, 2.24) is 10.3 Å². The number of fused-ring (bicyclic) bond motifs is 1. The first-order chi connectivity index (χ1) is 13.6. The third kappa shape index (κ3) is 4.20. The lowest BCUT2D eigenvalue weighted by Crippen LogP contribution is -2.16. The summed E-state index contributed by atoms with van der Waals surface area (Å²) in [5.41, 5.74) is 3.25. The molecule has 0 bridgehead atoms. The summed E-state index contributed by atoms with van der Waals surface area (Å²) in [6.45, 7) is 1.49. The van der Waals surface area contributed by atoms with Gasteiger partial charge in [-0.15, -0.1) is 0 Å². The molecule has 4 nitrogen and oxygen atoms in total. The van der Waals surface area contributed by atoms with Crippen molar-refractivity contribution in [2.24, 2.45) is 0 Å². The minimum Gasteiger partial charge on any atom is -0.497 e. The highest BCUT2D eigenvalue weighted by Crippen LogP contribution is 2.28. The number of hydrogen-bond acceptors (Lipinski definition) is 3. The number of rotatable bonds is 7. The van der Waals surface area contributed by atoms with Crippen LogP contribution in [0.3, 0.4) is 0 Å². The van der Waals surface area contributed by atoms with Gasteiger partial charge >= 0.3 is 0 Å². The van der Waals surface area contributed by atoms with E-state index in [1.807, 2.05) is 36.4 Å². The molecule has 0 radical (unpaired) electrons. The molecular formula is C22H20Cl2N2O2. The molecule has 0 saturated heterocycles. The number of hydrogen-bond donors (Lipinski definition) is 2. The van der Waals surface area contributed by atoms with Gasteiger partial charge in [-0.1, -0.05) is 23.2 Å². The largest absolute Gasteiger partial charge is 0.497 e. The highest BCUT2D eigenvalue weighted by atomic mass is 35.5. The normalized spacial score (nSPS) is 11.2. The second kappa shape index (κ2) is 8.31. The molecule has 4 rings (SSSR count). The number of halogens is 2. The van der Waals surface area contributed by atoms with Crippen LogP contribution < -0.4 is 10.1 Å². The zero-order valence-corrected chi connectivity index (χ0v) is 16.9. The molecule has 4 aromatic rings. The molecule has 28 heavy (non-hydrogen) atoms. The maximum Gasteiger partial charge on any atom is 0.134 e. The topological polar surface area (TPSA) is 50.2 Å². The van der Waals surface area contributed by atoms with Gasteiger partial charge in [-0.05, 0) is 67.1 Å². The predicted molar refractivity (Wildman–Crippen MR) is 114 cm³/mol. The van der Waals surface area contributed by atoms with Gasteiger partial charge in [0.15, 0.2) is 0 Å². The lowest BCUT2D eigenvalue weighted by Gasteiger charge is -2.04. The fourth-order valence-corrected chi connectivity index (χ4v) is 3.78. The van der Waals surface area contributed by atoms with Gasteiger partial charge in [0.05, 0.1) is 13.7 Å². The third-order valence-corrected chi connectivity index (χ3v) is 5.09. The van der Waals surface area contributed by atoms with Crippen LogP contribution in [0.25, 0.3) is 22.2 Å². The molecular weight excluding hydrogens is 395 g/mol. The van der Waals surface area contributed by atoms with Gasteiger partial charge in [0, 0.05) is 32.7 Å². The van der Waals surface area contributed by atoms with Crippen LogP contribution in [-0.4, -0.2) is 18.6 Å². The Kier molecular flexibility index (Phi) is 5.62. The SMILES string of the molecule is COc1ccc2[nH]cc(CCNCc3ccc(-c4cc(Cl)cc(Cl)c4)o3)c2c1. The molecule has 0 unspecified atom stereocenters. The standard InChI is InChI=1S/C22H20Cl2N2O2/c1-27-18-2-4-21-20(11-18)14(12-26-21)6-7-25-13-19-3-5-22(28-19)15-8-16(23)10-17(24)9-15/h2-5,8-12,25-26H,6-7,13H2,1H3. The van der Waals surface area contributed by atoms with Gasteiger partial charge < -0.3 is 19.5 Å². The Bertz CT molecular complexity index is 1080. The first kappa shape index (κ1) is 18.9. The van der Waals surface area contributed by atoms with Crippen molar-refractivity contribution in [3.8, 4) is 17.1 Å². The second-order valence-electron chi connectivity index (χ2n) is 6.58. The van der Waals surface area contributed by atoms with Crippen LogP contribution in [0.5, 0.6) is 5.75 Å². The second-order valence-corrected chi connectivity index (χ2v) is 7.45. The van der Waals surface area contributed by atoms with Crippen LogP contribution in [0.15, 0.2) is 59.1 Å². The van der Waals surface area contributed by atoms with Gasteiger partial charge in [0.1, 0.15) is 17.3 Å². The number of benzene rings is 2. The van der Waals surface area contributed by atoms with E-state index in [9.17, 15) is 0 Å². The number of furan rings is 1. The molecule has 2 aromatic heterocycles. The van der Waals surface area contributed by atoms with Crippen molar-refractivity contribution >= 4 is 34.1 Å². The Morgan fingerprint density at radius 3 is 2.64 bits per heavy atom. The van der Waals surface area contributed by atoms with Crippen molar-refractivity contribution in [2.45, 2.75) is 13.0 Å². The van der Waals surface area contributed by atoms with E-state index in [1.54, 1.807) is 13.2 Å². The molecule has 0 aliphatic rings. The summed E-state index contributed by atoms with van der Waals surface area (Å²) in [6, 6.07) is 15.4. The zero-order chi connectivity index (χ0) is 19.5. The van der Waals surface area contributed by atoms with Crippen LogP contribution >= 0.6 is 23.2 Å². The Balaban J connectivity index is 1.35. The Morgan fingerprint density at radius 1 is 1.04 bits per heavy atom. The zero-order valence-electron chi connectivity index (χ0n) is 15.4. The summed E-state index contributed by atoms with van der Waals surface area (Å²) < 4.78 is 11.2. The number of nitrogens with one attached hydrogen (secondary N) is 2. The number of aromatic amines is 1. The number of methoxy groups -OCH3 is 1. The van der Waals surface area contributed by atoms with E-state index in [0.29, 0.717) is 16.6 Å². The quantitative estimate of drug-likeness (QED) is 0.360. The van der Waals surface area contributed by atoms with Crippen molar-refractivity contribution in [1.29, 1.82) is 0 Å².